The van der Waals surface area contributed by atoms with Crippen molar-refractivity contribution in [1.82, 2.24) is 19.7 Å². The van der Waals surface area contributed by atoms with Crippen molar-refractivity contribution in [1.29, 1.82) is 0 Å². The van der Waals surface area contributed by atoms with Gasteiger partial charge in [0.15, 0.2) is 0 Å². The Labute approximate surface area is 148 Å². The van der Waals surface area contributed by atoms with Crippen molar-refractivity contribution in [3.63, 3.8) is 0 Å². The molecule has 0 atom stereocenters. The van der Waals surface area contributed by atoms with Gasteiger partial charge in [0.05, 0.1) is 12.2 Å². The number of nitrogens with one attached hydrogen (secondary N) is 1. The molecule has 0 bridgehead atoms. The molecule has 0 unspecified atom stereocenters. The number of anilines is 1. The van der Waals surface area contributed by atoms with Crippen LogP contribution in [0.5, 0.6) is 0 Å². The fourth-order valence-electron chi connectivity index (χ4n) is 3.14. The number of carbonyl (C=O) groups is 1. The maximum Gasteiger partial charge on any atom is 0.352 e. The Morgan fingerprint density at radius 1 is 1.40 bits per heavy atom. The zero-order chi connectivity index (χ0) is 17.7. The standard InChI is InChI=1S/C16H17ClN6O2/c1-9(2)19-13(24)8-22-16(25)23-12-7-10(17)3-4-11(12)14-18-5-6-21(14)15(23)20-22/h3-4,7,9H,5-6,8H2,1-2H3,(H,19,24). The Balaban J connectivity index is 1.84. The molecule has 0 saturated heterocycles. The number of rotatable bonds is 3. The van der Waals surface area contributed by atoms with Crippen molar-refractivity contribution < 1.29 is 4.79 Å². The van der Waals surface area contributed by atoms with E-state index in [4.69, 9.17) is 11.6 Å². The molecule has 0 fully saturated rings. The van der Waals surface area contributed by atoms with E-state index in [1.807, 2.05) is 24.8 Å². The van der Waals surface area contributed by atoms with Gasteiger partial charge in [-0.15, -0.1) is 5.10 Å². The molecule has 1 N–H and O–H groups in total. The number of benzene rings is 1. The minimum atomic E-state index is -0.372. The summed E-state index contributed by atoms with van der Waals surface area (Å²) in [7, 11) is 0. The highest BCUT2D eigenvalue weighted by atomic mass is 35.5. The smallest absolute Gasteiger partial charge is 0.352 e. The SMILES string of the molecule is CC(C)NC(=O)Cn1nc2n(c1=O)-c1cc(Cl)ccc1C1=NCCN12. The first-order valence-corrected chi connectivity index (χ1v) is 8.45. The summed E-state index contributed by atoms with van der Waals surface area (Å²) < 4.78 is 2.67. The maximum absolute atomic E-state index is 12.9. The van der Waals surface area contributed by atoms with Crippen LogP contribution in [0.4, 0.5) is 5.95 Å². The van der Waals surface area contributed by atoms with Crippen LogP contribution in [0, 0.1) is 0 Å². The summed E-state index contributed by atoms with van der Waals surface area (Å²) in [6.07, 6.45) is 0. The minimum Gasteiger partial charge on any atom is -0.352 e. The number of nitrogens with zero attached hydrogens (tertiary/aromatic N) is 5. The van der Waals surface area contributed by atoms with Gasteiger partial charge in [-0.3, -0.25) is 14.7 Å². The second-order valence-corrected chi connectivity index (χ2v) is 6.75. The van der Waals surface area contributed by atoms with Gasteiger partial charge in [-0.2, -0.15) is 0 Å². The predicted octanol–water partition coefficient (Wildman–Crippen LogP) is 0.792. The zero-order valence-electron chi connectivity index (χ0n) is 13.9. The van der Waals surface area contributed by atoms with Gasteiger partial charge in [0, 0.05) is 23.2 Å². The number of aromatic nitrogens is 3. The number of hydrogen-bond acceptors (Lipinski definition) is 5. The molecule has 25 heavy (non-hydrogen) atoms. The lowest BCUT2D eigenvalue weighted by Crippen LogP contribution is -2.38. The van der Waals surface area contributed by atoms with Gasteiger partial charge in [0.2, 0.25) is 11.9 Å². The molecule has 130 valence electrons. The number of amides is 1. The molecule has 4 rings (SSSR count). The van der Waals surface area contributed by atoms with E-state index in [-0.39, 0.29) is 24.2 Å². The molecule has 8 nitrogen and oxygen atoms in total. The second kappa shape index (κ2) is 5.73. The summed E-state index contributed by atoms with van der Waals surface area (Å²) in [5.74, 6) is 0.991. The summed E-state index contributed by atoms with van der Waals surface area (Å²) in [6.45, 7) is 4.87. The highest BCUT2D eigenvalue weighted by Crippen LogP contribution is 2.31. The minimum absolute atomic E-state index is 0.00251. The largest absolute Gasteiger partial charge is 0.352 e. The van der Waals surface area contributed by atoms with E-state index in [0.717, 1.165) is 11.4 Å². The predicted molar refractivity (Wildman–Crippen MR) is 94.9 cm³/mol. The Morgan fingerprint density at radius 3 is 2.96 bits per heavy atom. The van der Waals surface area contributed by atoms with Crippen LogP contribution in [0.2, 0.25) is 5.02 Å². The van der Waals surface area contributed by atoms with E-state index in [1.165, 1.54) is 9.25 Å². The van der Waals surface area contributed by atoms with E-state index < -0.39 is 0 Å². The van der Waals surface area contributed by atoms with E-state index in [0.29, 0.717) is 29.7 Å². The quantitative estimate of drug-likeness (QED) is 0.877. The molecule has 9 heteroatoms. The first kappa shape index (κ1) is 15.9. The fraction of sp³-hybridized carbons (Fsp3) is 0.375. The molecular formula is C16H17ClN6O2. The van der Waals surface area contributed by atoms with Crippen LogP contribution in [0.3, 0.4) is 0 Å². The summed E-state index contributed by atoms with van der Waals surface area (Å²) in [4.78, 5) is 31.3. The summed E-state index contributed by atoms with van der Waals surface area (Å²) in [6, 6.07) is 5.35. The van der Waals surface area contributed by atoms with E-state index in [1.54, 1.807) is 12.1 Å². The topological polar surface area (TPSA) is 84.5 Å². The number of hydrogen-bond donors (Lipinski definition) is 1. The van der Waals surface area contributed by atoms with E-state index >= 15 is 0 Å². The van der Waals surface area contributed by atoms with Crippen LogP contribution >= 0.6 is 11.6 Å². The highest BCUT2D eigenvalue weighted by molar-refractivity contribution is 6.31. The number of fused-ring (bicyclic) bond motifs is 6. The van der Waals surface area contributed by atoms with Crippen molar-refractivity contribution >= 4 is 29.3 Å². The van der Waals surface area contributed by atoms with Crippen molar-refractivity contribution in [2.45, 2.75) is 26.4 Å². The lowest BCUT2D eigenvalue weighted by atomic mass is 10.1. The molecule has 3 heterocycles. The van der Waals surface area contributed by atoms with Gasteiger partial charge >= 0.3 is 5.69 Å². The molecule has 0 spiro atoms. The molecule has 1 amide bonds. The van der Waals surface area contributed by atoms with Gasteiger partial charge in [-0.25, -0.2) is 14.0 Å². The van der Waals surface area contributed by atoms with Crippen LogP contribution in [0.15, 0.2) is 28.0 Å². The summed E-state index contributed by atoms with van der Waals surface area (Å²) >= 11 is 6.13. The average molecular weight is 361 g/mol. The summed E-state index contributed by atoms with van der Waals surface area (Å²) in [5.41, 5.74) is 1.10. The summed E-state index contributed by atoms with van der Waals surface area (Å²) in [5, 5.41) is 7.67. The average Bonchev–Trinajstić information content (AvgIpc) is 3.12. The highest BCUT2D eigenvalue weighted by Gasteiger charge is 2.34. The molecule has 2 aromatic rings. The molecule has 0 aliphatic carbocycles. The van der Waals surface area contributed by atoms with Gasteiger partial charge < -0.3 is 5.32 Å². The van der Waals surface area contributed by atoms with Crippen molar-refractivity contribution in [2.75, 3.05) is 18.0 Å². The van der Waals surface area contributed by atoms with Gasteiger partial charge in [-0.1, -0.05) is 11.6 Å². The Morgan fingerprint density at radius 2 is 2.20 bits per heavy atom. The Hall–Kier alpha value is -2.61. The Kier molecular flexibility index (Phi) is 3.64. The first-order chi connectivity index (χ1) is 12.0. The zero-order valence-corrected chi connectivity index (χ0v) is 14.6. The fourth-order valence-corrected chi connectivity index (χ4v) is 3.31. The third kappa shape index (κ3) is 2.53. The monoisotopic (exact) mass is 360 g/mol. The van der Waals surface area contributed by atoms with Crippen LogP contribution in [-0.4, -0.2) is 45.2 Å². The van der Waals surface area contributed by atoms with Crippen LogP contribution in [-0.2, 0) is 11.3 Å². The van der Waals surface area contributed by atoms with E-state index in [2.05, 4.69) is 15.4 Å². The normalized spacial score (nSPS) is 14.9. The Bertz CT molecular complexity index is 958. The molecule has 1 aromatic heterocycles. The maximum atomic E-state index is 12.9. The molecular weight excluding hydrogens is 344 g/mol. The molecule has 1 aromatic carbocycles. The first-order valence-electron chi connectivity index (χ1n) is 8.07. The van der Waals surface area contributed by atoms with Crippen molar-refractivity contribution in [3.8, 4) is 5.69 Å². The lowest BCUT2D eigenvalue weighted by molar-refractivity contribution is -0.122. The number of amidine groups is 1. The molecule has 2 aliphatic rings. The third-order valence-electron chi connectivity index (χ3n) is 4.09. The third-order valence-corrected chi connectivity index (χ3v) is 4.32. The van der Waals surface area contributed by atoms with E-state index in [9.17, 15) is 9.59 Å². The second-order valence-electron chi connectivity index (χ2n) is 6.32. The van der Waals surface area contributed by atoms with Gasteiger partial charge in [-0.05, 0) is 32.0 Å². The van der Waals surface area contributed by atoms with Gasteiger partial charge in [0.1, 0.15) is 12.4 Å². The number of halogens is 1. The number of aliphatic imine (C=N–C) groups is 1. The van der Waals surface area contributed by atoms with Crippen LogP contribution in [0.25, 0.3) is 5.69 Å². The van der Waals surface area contributed by atoms with Crippen LogP contribution in [0.1, 0.15) is 19.4 Å². The number of carbonyl (C=O) groups excluding carboxylic acids is 1. The van der Waals surface area contributed by atoms with Crippen molar-refractivity contribution in [3.05, 3.63) is 39.3 Å². The van der Waals surface area contributed by atoms with Crippen molar-refractivity contribution in [2.24, 2.45) is 4.99 Å². The van der Waals surface area contributed by atoms with Gasteiger partial charge in [0.25, 0.3) is 0 Å². The molecule has 0 radical (unpaired) electrons. The molecule has 0 saturated carbocycles. The van der Waals surface area contributed by atoms with Crippen LogP contribution < -0.4 is 15.9 Å². The molecule has 2 aliphatic heterocycles. The lowest BCUT2D eigenvalue weighted by Gasteiger charge is -2.26.